The van der Waals surface area contributed by atoms with Crippen LogP contribution in [0.25, 0.3) is 0 Å². The summed E-state index contributed by atoms with van der Waals surface area (Å²) in [6.45, 7) is -3.04. The Labute approximate surface area is 107 Å². The van der Waals surface area contributed by atoms with E-state index in [0.717, 1.165) is 6.07 Å². The first kappa shape index (κ1) is 14.9. The first-order valence-corrected chi connectivity index (χ1v) is 5.32. The van der Waals surface area contributed by atoms with E-state index in [9.17, 15) is 18.4 Å². The maximum absolute atomic E-state index is 12.2. The molecule has 1 rings (SSSR count). The summed E-state index contributed by atoms with van der Waals surface area (Å²) < 4.78 is 33.4. The maximum atomic E-state index is 12.2. The summed E-state index contributed by atoms with van der Waals surface area (Å²) in [5.74, 6) is -1.77. The Morgan fingerprint density at radius 1 is 1.26 bits per heavy atom. The van der Waals surface area contributed by atoms with Crippen molar-refractivity contribution in [1.82, 2.24) is 0 Å². The minimum Gasteiger partial charge on any atom is -0.493 e. The first-order chi connectivity index (χ1) is 8.93. The van der Waals surface area contributed by atoms with Gasteiger partial charge in [-0.25, -0.2) is 0 Å². The van der Waals surface area contributed by atoms with Crippen LogP contribution in [0.15, 0.2) is 18.2 Å². The van der Waals surface area contributed by atoms with E-state index in [4.69, 9.17) is 9.84 Å². The topological polar surface area (TPSA) is 72.8 Å². The molecule has 0 aliphatic rings. The molecule has 5 nitrogen and oxygen atoms in total. The number of halogens is 2. The Morgan fingerprint density at radius 2 is 1.95 bits per heavy atom. The van der Waals surface area contributed by atoms with Crippen molar-refractivity contribution in [3.05, 3.63) is 23.8 Å². The number of rotatable bonds is 7. The van der Waals surface area contributed by atoms with Crippen molar-refractivity contribution in [2.75, 3.05) is 7.11 Å². The summed E-state index contributed by atoms with van der Waals surface area (Å²) in [6, 6.07) is 3.78. The average molecular weight is 274 g/mol. The van der Waals surface area contributed by atoms with Crippen LogP contribution in [0.2, 0.25) is 0 Å². The van der Waals surface area contributed by atoms with Crippen LogP contribution in [0.3, 0.4) is 0 Å². The van der Waals surface area contributed by atoms with Crippen LogP contribution in [0, 0.1) is 0 Å². The van der Waals surface area contributed by atoms with Crippen LogP contribution in [0.5, 0.6) is 11.5 Å². The highest BCUT2D eigenvalue weighted by Crippen LogP contribution is 2.29. The number of hydrogen-bond acceptors (Lipinski definition) is 4. The lowest BCUT2D eigenvalue weighted by Crippen LogP contribution is -2.07. The molecule has 7 heteroatoms. The van der Waals surface area contributed by atoms with Crippen LogP contribution < -0.4 is 9.47 Å². The SMILES string of the molecule is COc1ccc(C(=O)CCC(=O)O)cc1OC(F)F. The molecule has 0 heterocycles. The first-order valence-electron chi connectivity index (χ1n) is 5.32. The number of methoxy groups -OCH3 is 1. The number of carboxylic acid groups (broad SMARTS) is 1. The Morgan fingerprint density at radius 3 is 2.47 bits per heavy atom. The number of carboxylic acids is 1. The maximum Gasteiger partial charge on any atom is 0.387 e. The van der Waals surface area contributed by atoms with Crippen molar-refractivity contribution >= 4 is 11.8 Å². The van der Waals surface area contributed by atoms with Gasteiger partial charge in [-0.1, -0.05) is 0 Å². The standard InChI is InChI=1S/C12H12F2O5/c1-18-9-4-2-7(6-10(9)19-12(13)14)8(15)3-5-11(16)17/h2,4,6,12H,3,5H2,1H3,(H,16,17). The van der Waals surface area contributed by atoms with Crippen molar-refractivity contribution < 1.29 is 33.0 Å². The van der Waals surface area contributed by atoms with Gasteiger partial charge in [0.15, 0.2) is 17.3 Å². The minimum atomic E-state index is -3.04. The predicted octanol–water partition coefficient (Wildman–Crippen LogP) is 2.34. The van der Waals surface area contributed by atoms with Crippen LogP contribution >= 0.6 is 0 Å². The van der Waals surface area contributed by atoms with Crippen molar-refractivity contribution in [2.24, 2.45) is 0 Å². The van der Waals surface area contributed by atoms with Gasteiger partial charge in [0.2, 0.25) is 0 Å². The Hall–Kier alpha value is -2.18. The van der Waals surface area contributed by atoms with E-state index in [-0.39, 0.29) is 29.9 Å². The average Bonchev–Trinajstić information content (AvgIpc) is 2.35. The van der Waals surface area contributed by atoms with E-state index in [1.54, 1.807) is 0 Å². The van der Waals surface area contributed by atoms with Gasteiger partial charge in [-0.2, -0.15) is 8.78 Å². The molecule has 0 spiro atoms. The zero-order valence-corrected chi connectivity index (χ0v) is 10.1. The van der Waals surface area contributed by atoms with Gasteiger partial charge < -0.3 is 14.6 Å². The van der Waals surface area contributed by atoms with Crippen molar-refractivity contribution in [3.63, 3.8) is 0 Å². The van der Waals surface area contributed by atoms with Gasteiger partial charge in [-0.05, 0) is 18.2 Å². The zero-order valence-electron chi connectivity index (χ0n) is 10.1. The van der Waals surface area contributed by atoms with E-state index < -0.39 is 18.4 Å². The largest absolute Gasteiger partial charge is 0.493 e. The molecule has 1 N–H and O–H groups in total. The zero-order chi connectivity index (χ0) is 14.4. The van der Waals surface area contributed by atoms with Gasteiger partial charge in [-0.15, -0.1) is 0 Å². The minimum absolute atomic E-state index is 0.0649. The second-order valence-electron chi connectivity index (χ2n) is 3.56. The van der Waals surface area contributed by atoms with Gasteiger partial charge >= 0.3 is 12.6 Å². The Balaban J connectivity index is 2.90. The number of Topliss-reactive ketones (excluding diaryl/α,β-unsaturated/α-hetero) is 1. The molecule has 0 aromatic heterocycles. The Kier molecular flexibility index (Phi) is 5.23. The Bertz CT molecular complexity index is 473. The smallest absolute Gasteiger partial charge is 0.387 e. The second-order valence-corrected chi connectivity index (χ2v) is 3.56. The van der Waals surface area contributed by atoms with E-state index in [1.165, 1.54) is 19.2 Å². The van der Waals surface area contributed by atoms with Crippen LogP contribution in [-0.2, 0) is 4.79 Å². The molecule has 0 aliphatic heterocycles. The summed E-state index contributed by atoms with van der Waals surface area (Å²) in [6.07, 6.45) is -0.536. The molecule has 1 aromatic rings. The summed E-state index contributed by atoms with van der Waals surface area (Å²) in [5.41, 5.74) is 0.0951. The third-order valence-electron chi connectivity index (χ3n) is 2.27. The summed E-state index contributed by atoms with van der Waals surface area (Å²) in [7, 11) is 1.28. The van der Waals surface area contributed by atoms with E-state index >= 15 is 0 Å². The second kappa shape index (κ2) is 6.67. The molecule has 19 heavy (non-hydrogen) atoms. The molecule has 104 valence electrons. The fraction of sp³-hybridized carbons (Fsp3) is 0.333. The predicted molar refractivity (Wildman–Crippen MR) is 60.8 cm³/mol. The van der Waals surface area contributed by atoms with Gasteiger partial charge in [0.25, 0.3) is 0 Å². The fourth-order valence-electron chi connectivity index (χ4n) is 1.40. The molecule has 0 bridgehead atoms. The molecular formula is C12H12F2O5. The molecule has 0 saturated heterocycles. The van der Waals surface area contributed by atoms with E-state index in [0.29, 0.717) is 0 Å². The molecule has 0 fully saturated rings. The molecule has 1 aromatic carbocycles. The summed E-state index contributed by atoms with van der Waals surface area (Å²) in [4.78, 5) is 22.0. The lowest BCUT2D eigenvalue weighted by Gasteiger charge is -2.10. The highest BCUT2D eigenvalue weighted by molar-refractivity contribution is 5.98. The number of aliphatic carboxylic acids is 1. The van der Waals surface area contributed by atoms with Gasteiger partial charge in [0.1, 0.15) is 0 Å². The molecule has 0 atom stereocenters. The number of hydrogen-bond donors (Lipinski definition) is 1. The number of ether oxygens (including phenoxy) is 2. The van der Waals surface area contributed by atoms with Gasteiger partial charge in [-0.3, -0.25) is 9.59 Å². The highest BCUT2D eigenvalue weighted by atomic mass is 19.3. The summed E-state index contributed by atoms with van der Waals surface area (Å²) in [5, 5.41) is 8.47. The number of carbonyl (C=O) groups is 2. The van der Waals surface area contributed by atoms with Crippen molar-refractivity contribution in [3.8, 4) is 11.5 Å². The lowest BCUT2D eigenvalue weighted by atomic mass is 10.1. The van der Waals surface area contributed by atoms with Crippen LogP contribution in [0.1, 0.15) is 23.2 Å². The molecule has 0 aliphatic carbocycles. The van der Waals surface area contributed by atoms with Gasteiger partial charge in [0, 0.05) is 12.0 Å². The molecule has 0 amide bonds. The number of alkyl halides is 2. The quantitative estimate of drug-likeness (QED) is 0.772. The van der Waals surface area contributed by atoms with E-state index in [2.05, 4.69) is 4.74 Å². The van der Waals surface area contributed by atoms with Crippen molar-refractivity contribution in [1.29, 1.82) is 0 Å². The molecule has 0 radical (unpaired) electrons. The molecule has 0 saturated carbocycles. The highest BCUT2D eigenvalue weighted by Gasteiger charge is 2.15. The molecular weight excluding hydrogens is 262 g/mol. The number of carbonyl (C=O) groups excluding carboxylic acids is 1. The lowest BCUT2D eigenvalue weighted by molar-refractivity contribution is -0.136. The number of ketones is 1. The summed E-state index contributed by atoms with van der Waals surface area (Å²) >= 11 is 0. The normalized spacial score (nSPS) is 10.3. The fourth-order valence-corrected chi connectivity index (χ4v) is 1.40. The van der Waals surface area contributed by atoms with Crippen molar-refractivity contribution in [2.45, 2.75) is 19.5 Å². The van der Waals surface area contributed by atoms with Gasteiger partial charge in [0.05, 0.1) is 13.5 Å². The third kappa shape index (κ3) is 4.53. The monoisotopic (exact) mass is 274 g/mol. The molecule has 0 unspecified atom stereocenters. The number of benzene rings is 1. The third-order valence-corrected chi connectivity index (χ3v) is 2.27. The van der Waals surface area contributed by atoms with Crippen LogP contribution in [0.4, 0.5) is 8.78 Å². The van der Waals surface area contributed by atoms with E-state index in [1.807, 2.05) is 0 Å². The van der Waals surface area contributed by atoms with Crippen LogP contribution in [-0.4, -0.2) is 30.6 Å².